The van der Waals surface area contributed by atoms with Crippen molar-refractivity contribution in [2.45, 2.75) is 37.7 Å². The zero-order valence-electron chi connectivity index (χ0n) is 12.4. The Morgan fingerprint density at radius 3 is 2.52 bits per heavy atom. The molecule has 1 atom stereocenters. The molecule has 0 radical (unpaired) electrons. The maximum absolute atomic E-state index is 9.01. The van der Waals surface area contributed by atoms with Crippen LogP contribution in [0, 0.1) is 17.2 Å². The highest BCUT2D eigenvalue weighted by atomic mass is 79.9. The number of hydrogen-bond acceptors (Lipinski definition) is 3. The smallest absolute Gasteiger partial charge is 0.169 e. The third kappa shape index (κ3) is 4.12. The zero-order chi connectivity index (χ0) is 15.4. The molecule has 0 amide bonds. The van der Waals surface area contributed by atoms with Gasteiger partial charge in [0.1, 0.15) is 0 Å². The number of nitriles is 1. The highest BCUT2D eigenvalue weighted by Gasteiger charge is 2.15. The fourth-order valence-corrected chi connectivity index (χ4v) is 3.08. The molecule has 0 aliphatic heterocycles. The first-order valence-corrected chi connectivity index (χ1v) is 8.56. The Balaban J connectivity index is 2.41. The van der Waals surface area contributed by atoms with E-state index < -0.39 is 0 Å². The Kier molecular flexibility index (Phi) is 5.49. The quantitative estimate of drug-likeness (QED) is 0.703. The van der Waals surface area contributed by atoms with Crippen molar-refractivity contribution in [2.75, 3.05) is 0 Å². The van der Waals surface area contributed by atoms with Gasteiger partial charge in [-0.05, 0) is 30.5 Å². The van der Waals surface area contributed by atoms with Gasteiger partial charge in [0.25, 0.3) is 0 Å². The summed E-state index contributed by atoms with van der Waals surface area (Å²) < 4.78 is 3.28. The first-order chi connectivity index (χ1) is 10.0. The van der Waals surface area contributed by atoms with Gasteiger partial charge in [0.05, 0.1) is 23.2 Å². The van der Waals surface area contributed by atoms with E-state index in [1.54, 1.807) is 0 Å². The SMILES string of the molecule is CC(C)Cn1c(-c2ccc(Br)cc2)cnc1SC(C)C#N. The summed E-state index contributed by atoms with van der Waals surface area (Å²) in [4.78, 5) is 4.52. The van der Waals surface area contributed by atoms with E-state index in [2.05, 4.69) is 57.5 Å². The Hall–Kier alpha value is -1.25. The molecule has 0 fully saturated rings. The molecular weight excluding hydrogens is 346 g/mol. The second-order valence-corrected chi connectivity index (χ2v) is 7.55. The monoisotopic (exact) mass is 363 g/mol. The summed E-state index contributed by atoms with van der Waals surface area (Å²) in [6.07, 6.45) is 1.90. The van der Waals surface area contributed by atoms with E-state index in [9.17, 15) is 0 Å². The van der Waals surface area contributed by atoms with Crippen molar-refractivity contribution >= 4 is 27.7 Å². The molecule has 0 saturated carbocycles. The lowest BCUT2D eigenvalue weighted by Gasteiger charge is -2.14. The molecule has 0 saturated heterocycles. The van der Waals surface area contributed by atoms with Gasteiger partial charge >= 0.3 is 0 Å². The minimum absolute atomic E-state index is 0.101. The average Bonchev–Trinajstić information content (AvgIpc) is 2.82. The molecule has 0 bridgehead atoms. The second-order valence-electron chi connectivity index (χ2n) is 5.33. The van der Waals surface area contributed by atoms with E-state index >= 15 is 0 Å². The van der Waals surface area contributed by atoms with Gasteiger partial charge in [0.2, 0.25) is 0 Å². The molecule has 0 N–H and O–H groups in total. The highest BCUT2D eigenvalue weighted by Crippen LogP contribution is 2.29. The molecule has 2 aromatic rings. The molecule has 1 aromatic carbocycles. The minimum Gasteiger partial charge on any atom is -0.319 e. The third-order valence-electron chi connectivity index (χ3n) is 2.97. The summed E-state index contributed by atoms with van der Waals surface area (Å²) in [5, 5.41) is 9.82. The third-order valence-corrected chi connectivity index (χ3v) is 4.49. The number of nitrogens with zero attached hydrogens (tertiary/aromatic N) is 3. The maximum atomic E-state index is 9.01. The first-order valence-electron chi connectivity index (χ1n) is 6.89. The number of hydrogen-bond donors (Lipinski definition) is 0. The summed E-state index contributed by atoms with van der Waals surface area (Å²) in [6.45, 7) is 7.17. The van der Waals surface area contributed by atoms with Crippen LogP contribution in [-0.2, 0) is 6.54 Å². The van der Waals surface area contributed by atoms with E-state index in [-0.39, 0.29) is 5.25 Å². The van der Waals surface area contributed by atoms with E-state index in [4.69, 9.17) is 5.26 Å². The van der Waals surface area contributed by atoms with Gasteiger partial charge in [-0.3, -0.25) is 0 Å². The van der Waals surface area contributed by atoms with Gasteiger partial charge in [-0.2, -0.15) is 5.26 Å². The van der Waals surface area contributed by atoms with E-state index in [1.165, 1.54) is 11.8 Å². The number of thioether (sulfide) groups is 1. The molecule has 21 heavy (non-hydrogen) atoms. The summed E-state index contributed by atoms with van der Waals surface area (Å²) in [7, 11) is 0. The number of benzene rings is 1. The lowest BCUT2D eigenvalue weighted by Crippen LogP contribution is -2.08. The van der Waals surface area contributed by atoms with Crippen molar-refractivity contribution in [1.82, 2.24) is 9.55 Å². The van der Waals surface area contributed by atoms with Gasteiger partial charge in [-0.25, -0.2) is 4.98 Å². The van der Waals surface area contributed by atoms with E-state index in [0.29, 0.717) is 5.92 Å². The molecule has 0 aliphatic rings. The molecule has 1 aromatic heterocycles. The van der Waals surface area contributed by atoms with Crippen LogP contribution in [0.3, 0.4) is 0 Å². The van der Waals surface area contributed by atoms with E-state index in [0.717, 1.165) is 27.4 Å². The number of halogens is 1. The van der Waals surface area contributed by atoms with Gasteiger partial charge < -0.3 is 4.57 Å². The largest absolute Gasteiger partial charge is 0.319 e. The molecule has 1 heterocycles. The predicted octanol–water partition coefficient (Wildman–Crippen LogP) is 4.97. The molecule has 1 unspecified atom stereocenters. The fraction of sp³-hybridized carbons (Fsp3) is 0.375. The zero-order valence-corrected chi connectivity index (χ0v) is 14.8. The summed E-state index contributed by atoms with van der Waals surface area (Å²) in [5.41, 5.74) is 2.24. The molecule has 110 valence electrons. The van der Waals surface area contributed by atoms with Crippen LogP contribution in [0.1, 0.15) is 20.8 Å². The molecule has 3 nitrogen and oxygen atoms in total. The number of rotatable bonds is 5. The molecule has 2 rings (SSSR count). The van der Waals surface area contributed by atoms with Crippen LogP contribution in [0.2, 0.25) is 0 Å². The molecule has 0 spiro atoms. The first kappa shape index (κ1) is 16.1. The molecular formula is C16H18BrN3S. The molecule has 5 heteroatoms. The lowest BCUT2D eigenvalue weighted by atomic mass is 10.1. The van der Waals surface area contributed by atoms with Crippen molar-refractivity contribution in [3.05, 3.63) is 34.9 Å². The van der Waals surface area contributed by atoms with Gasteiger partial charge in [-0.1, -0.05) is 53.7 Å². The maximum Gasteiger partial charge on any atom is 0.169 e. The molecule has 0 aliphatic carbocycles. The second kappa shape index (κ2) is 7.15. The Bertz CT molecular complexity index is 641. The van der Waals surface area contributed by atoms with Gasteiger partial charge in [0, 0.05) is 11.0 Å². The van der Waals surface area contributed by atoms with Crippen LogP contribution in [0.5, 0.6) is 0 Å². The summed E-state index contributed by atoms with van der Waals surface area (Å²) in [5.74, 6) is 0.519. The van der Waals surface area contributed by atoms with Crippen molar-refractivity contribution < 1.29 is 0 Å². The predicted molar refractivity (Wildman–Crippen MR) is 91.1 cm³/mol. The lowest BCUT2D eigenvalue weighted by molar-refractivity contribution is 0.498. The van der Waals surface area contributed by atoms with Crippen molar-refractivity contribution in [1.29, 1.82) is 5.26 Å². The van der Waals surface area contributed by atoms with Gasteiger partial charge in [0.15, 0.2) is 5.16 Å². The van der Waals surface area contributed by atoms with Crippen molar-refractivity contribution in [2.24, 2.45) is 5.92 Å². The standard InChI is InChI=1S/C16H18BrN3S/c1-11(2)10-20-15(13-4-6-14(17)7-5-13)9-19-16(20)21-12(3)8-18/h4-7,9,11-12H,10H2,1-3H3. The Labute approximate surface area is 138 Å². The summed E-state index contributed by atoms with van der Waals surface area (Å²) >= 11 is 4.97. The topological polar surface area (TPSA) is 41.6 Å². The minimum atomic E-state index is -0.101. The van der Waals surface area contributed by atoms with Crippen LogP contribution in [0.25, 0.3) is 11.3 Å². The number of imidazole rings is 1. The van der Waals surface area contributed by atoms with Crippen LogP contribution in [-0.4, -0.2) is 14.8 Å². The Morgan fingerprint density at radius 2 is 1.95 bits per heavy atom. The fourth-order valence-electron chi connectivity index (χ4n) is 2.03. The van der Waals surface area contributed by atoms with Crippen LogP contribution < -0.4 is 0 Å². The van der Waals surface area contributed by atoms with Crippen molar-refractivity contribution in [3.63, 3.8) is 0 Å². The van der Waals surface area contributed by atoms with E-state index in [1.807, 2.05) is 25.3 Å². The van der Waals surface area contributed by atoms with Crippen molar-refractivity contribution in [3.8, 4) is 17.3 Å². The summed E-state index contributed by atoms with van der Waals surface area (Å²) in [6, 6.07) is 10.5. The number of aromatic nitrogens is 2. The highest BCUT2D eigenvalue weighted by molar-refractivity contribution is 9.10. The van der Waals surface area contributed by atoms with Gasteiger partial charge in [-0.15, -0.1) is 0 Å². The average molecular weight is 364 g/mol. The van der Waals surface area contributed by atoms with Crippen LogP contribution in [0.4, 0.5) is 0 Å². The normalized spacial score (nSPS) is 12.4. The van der Waals surface area contributed by atoms with Crippen LogP contribution >= 0.6 is 27.7 Å². The van der Waals surface area contributed by atoms with Crippen LogP contribution in [0.15, 0.2) is 40.1 Å². The Morgan fingerprint density at radius 1 is 1.29 bits per heavy atom.